The van der Waals surface area contributed by atoms with Crippen molar-refractivity contribution in [2.75, 3.05) is 6.61 Å². The largest absolute Gasteiger partial charge is 0.493 e. The zero-order valence-electron chi connectivity index (χ0n) is 13.3. The van der Waals surface area contributed by atoms with Crippen molar-refractivity contribution in [3.63, 3.8) is 0 Å². The molecule has 1 saturated heterocycles. The zero-order chi connectivity index (χ0) is 17.0. The fourth-order valence-corrected chi connectivity index (χ4v) is 2.02. The van der Waals surface area contributed by atoms with Crippen LogP contribution in [0.2, 0.25) is 0 Å². The maximum atomic E-state index is 13.5. The molecule has 1 aromatic rings. The zero-order valence-corrected chi connectivity index (χ0v) is 13.3. The highest BCUT2D eigenvalue weighted by atomic mass is 19.1. The maximum Gasteiger partial charge on any atom is 0.348 e. The van der Waals surface area contributed by atoms with E-state index < -0.39 is 23.5 Å². The Morgan fingerprint density at radius 3 is 2.48 bits per heavy atom. The van der Waals surface area contributed by atoms with Gasteiger partial charge in [-0.2, -0.15) is 0 Å². The molecule has 0 aliphatic carbocycles. The number of unbranched alkanes of at least 4 members (excludes halogenated alkanes) is 1. The number of benzene rings is 1. The Bertz CT molecular complexity index is 626. The Kier molecular flexibility index (Phi) is 5.03. The van der Waals surface area contributed by atoms with E-state index in [2.05, 4.69) is 0 Å². The summed E-state index contributed by atoms with van der Waals surface area (Å²) in [5, 5.41) is 0. The van der Waals surface area contributed by atoms with Gasteiger partial charge in [0.15, 0.2) is 0 Å². The summed E-state index contributed by atoms with van der Waals surface area (Å²) in [5.41, 5.74) is -0.0139. The predicted molar refractivity (Wildman–Crippen MR) is 81.0 cm³/mol. The van der Waals surface area contributed by atoms with Crippen LogP contribution in [0.4, 0.5) is 4.39 Å². The van der Waals surface area contributed by atoms with Crippen molar-refractivity contribution in [1.82, 2.24) is 0 Å². The van der Waals surface area contributed by atoms with E-state index in [1.54, 1.807) is 0 Å². The van der Waals surface area contributed by atoms with E-state index in [-0.39, 0.29) is 11.1 Å². The normalized spacial score (nSPS) is 16.6. The smallest absolute Gasteiger partial charge is 0.348 e. The van der Waals surface area contributed by atoms with Crippen LogP contribution in [0, 0.1) is 5.82 Å². The lowest BCUT2D eigenvalue weighted by Gasteiger charge is -2.29. The number of ether oxygens (including phenoxy) is 3. The maximum absolute atomic E-state index is 13.5. The van der Waals surface area contributed by atoms with Crippen molar-refractivity contribution in [1.29, 1.82) is 0 Å². The van der Waals surface area contributed by atoms with Crippen LogP contribution in [0.15, 0.2) is 23.8 Å². The minimum Gasteiger partial charge on any atom is -0.493 e. The summed E-state index contributed by atoms with van der Waals surface area (Å²) in [5.74, 6) is -3.05. The molecule has 0 atom stereocenters. The third kappa shape index (κ3) is 4.31. The molecule has 0 amide bonds. The van der Waals surface area contributed by atoms with Gasteiger partial charge in [-0.25, -0.2) is 14.0 Å². The summed E-state index contributed by atoms with van der Waals surface area (Å²) in [6, 6.07) is 3.90. The van der Waals surface area contributed by atoms with E-state index in [9.17, 15) is 14.0 Å². The highest BCUT2D eigenvalue weighted by Crippen LogP contribution is 2.28. The molecule has 0 unspecified atom stereocenters. The number of hydrogen-bond donors (Lipinski definition) is 0. The molecule has 23 heavy (non-hydrogen) atoms. The van der Waals surface area contributed by atoms with Gasteiger partial charge in [-0.15, -0.1) is 0 Å². The molecule has 0 aromatic heterocycles. The molecule has 0 N–H and O–H groups in total. The molecule has 1 aliphatic heterocycles. The first-order chi connectivity index (χ1) is 10.8. The van der Waals surface area contributed by atoms with Gasteiger partial charge < -0.3 is 14.2 Å². The van der Waals surface area contributed by atoms with Crippen molar-refractivity contribution in [2.24, 2.45) is 0 Å². The molecule has 1 heterocycles. The van der Waals surface area contributed by atoms with E-state index in [0.29, 0.717) is 12.4 Å². The van der Waals surface area contributed by atoms with Crippen molar-refractivity contribution in [3.8, 4) is 5.75 Å². The number of cyclic esters (lactones) is 2. The van der Waals surface area contributed by atoms with E-state index in [1.165, 1.54) is 38.1 Å². The molecule has 124 valence electrons. The van der Waals surface area contributed by atoms with Gasteiger partial charge in [0.2, 0.25) is 0 Å². The van der Waals surface area contributed by atoms with Crippen LogP contribution in [-0.2, 0) is 19.1 Å². The molecular formula is C17H19FO5. The van der Waals surface area contributed by atoms with Gasteiger partial charge in [0.05, 0.1) is 6.61 Å². The summed E-state index contributed by atoms with van der Waals surface area (Å²) in [4.78, 5) is 23.9. The summed E-state index contributed by atoms with van der Waals surface area (Å²) in [6.07, 6.45) is 3.02. The quantitative estimate of drug-likeness (QED) is 0.360. The Hall–Kier alpha value is -2.37. The summed E-state index contributed by atoms with van der Waals surface area (Å²) in [6.45, 7) is 5.40. The lowest BCUT2D eigenvalue weighted by molar-refractivity contribution is -0.222. The average molecular weight is 322 g/mol. The summed E-state index contributed by atoms with van der Waals surface area (Å²) in [7, 11) is 0. The second-order valence-electron chi connectivity index (χ2n) is 5.62. The number of halogens is 1. The van der Waals surface area contributed by atoms with Crippen molar-refractivity contribution < 1.29 is 28.2 Å². The summed E-state index contributed by atoms with van der Waals surface area (Å²) < 4.78 is 29.1. The first kappa shape index (κ1) is 17.0. The van der Waals surface area contributed by atoms with Crippen molar-refractivity contribution >= 4 is 18.0 Å². The monoisotopic (exact) mass is 322 g/mol. The lowest BCUT2D eigenvalue weighted by Crippen LogP contribution is -2.41. The second-order valence-corrected chi connectivity index (χ2v) is 5.62. The number of carbonyl (C=O) groups is 2. The molecule has 1 aliphatic rings. The van der Waals surface area contributed by atoms with Crippen LogP contribution >= 0.6 is 0 Å². The van der Waals surface area contributed by atoms with E-state index in [4.69, 9.17) is 14.2 Å². The van der Waals surface area contributed by atoms with E-state index >= 15 is 0 Å². The molecular weight excluding hydrogens is 303 g/mol. The van der Waals surface area contributed by atoms with Crippen molar-refractivity contribution in [2.45, 2.75) is 39.4 Å². The van der Waals surface area contributed by atoms with Gasteiger partial charge in [-0.05, 0) is 30.7 Å². The molecule has 0 saturated carbocycles. The van der Waals surface area contributed by atoms with Crippen LogP contribution in [0.25, 0.3) is 6.08 Å². The predicted octanol–water partition coefficient (Wildman–Crippen LogP) is 3.22. The first-order valence-corrected chi connectivity index (χ1v) is 7.43. The number of hydrogen-bond acceptors (Lipinski definition) is 5. The second kappa shape index (κ2) is 6.81. The van der Waals surface area contributed by atoms with Gasteiger partial charge in [0.25, 0.3) is 5.79 Å². The van der Waals surface area contributed by atoms with E-state index in [0.717, 1.165) is 12.8 Å². The Balaban J connectivity index is 2.32. The molecule has 5 nitrogen and oxygen atoms in total. The molecule has 0 radical (unpaired) electrons. The standard InChI is InChI=1S/C17H19FO5/c1-4-5-8-21-14-7-6-12(18)9-11(14)10-13-15(19)22-17(2,3)23-16(13)20/h6-7,9-10H,4-5,8H2,1-3H3. The molecule has 2 rings (SSSR count). The average Bonchev–Trinajstić information content (AvgIpc) is 2.44. The third-order valence-electron chi connectivity index (χ3n) is 3.14. The highest BCUT2D eigenvalue weighted by molar-refractivity contribution is 6.19. The van der Waals surface area contributed by atoms with E-state index in [1.807, 2.05) is 6.92 Å². The van der Waals surface area contributed by atoms with Gasteiger partial charge in [-0.1, -0.05) is 13.3 Å². The van der Waals surface area contributed by atoms with Gasteiger partial charge in [0, 0.05) is 19.4 Å². The summed E-state index contributed by atoms with van der Waals surface area (Å²) >= 11 is 0. The van der Waals surface area contributed by atoms with Crippen LogP contribution in [0.3, 0.4) is 0 Å². The molecule has 1 aromatic carbocycles. The molecule has 0 bridgehead atoms. The fourth-order valence-electron chi connectivity index (χ4n) is 2.02. The fraction of sp³-hybridized carbons (Fsp3) is 0.412. The molecule has 6 heteroatoms. The number of rotatable bonds is 5. The van der Waals surface area contributed by atoms with Gasteiger partial charge >= 0.3 is 11.9 Å². The Morgan fingerprint density at radius 2 is 1.87 bits per heavy atom. The van der Waals surface area contributed by atoms with Crippen molar-refractivity contribution in [3.05, 3.63) is 35.2 Å². The van der Waals surface area contributed by atoms with Crippen LogP contribution < -0.4 is 4.74 Å². The highest BCUT2D eigenvalue weighted by Gasteiger charge is 2.39. The first-order valence-electron chi connectivity index (χ1n) is 7.43. The Labute approximate surface area is 134 Å². The van der Waals surface area contributed by atoms with Crippen LogP contribution in [-0.4, -0.2) is 24.3 Å². The minimum atomic E-state index is -1.31. The minimum absolute atomic E-state index is 0.282. The lowest BCUT2D eigenvalue weighted by atomic mass is 10.1. The molecule has 1 fully saturated rings. The van der Waals surface area contributed by atoms with Crippen LogP contribution in [0.1, 0.15) is 39.2 Å². The SMILES string of the molecule is CCCCOc1ccc(F)cc1C=C1C(=O)OC(C)(C)OC1=O. The van der Waals surface area contributed by atoms with Gasteiger partial charge in [0.1, 0.15) is 17.1 Å². The molecule has 0 spiro atoms. The van der Waals surface area contributed by atoms with Gasteiger partial charge in [-0.3, -0.25) is 0 Å². The van der Waals surface area contributed by atoms with Crippen LogP contribution in [0.5, 0.6) is 5.75 Å². The Morgan fingerprint density at radius 1 is 1.22 bits per heavy atom. The topological polar surface area (TPSA) is 61.8 Å². The third-order valence-corrected chi connectivity index (χ3v) is 3.14. The number of carbonyl (C=O) groups excluding carboxylic acids is 2. The number of esters is 2.